The maximum Gasteiger partial charge on any atom is 0.159 e. The summed E-state index contributed by atoms with van der Waals surface area (Å²) in [5.74, 6) is 0. The molecule has 0 aromatic carbocycles. The molecule has 1 fully saturated rings. The minimum absolute atomic E-state index is 0.845. The van der Waals surface area contributed by atoms with Crippen molar-refractivity contribution < 1.29 is 4.74 Å². The second-order valence-corrected chi connectivity index (χ2v) is 5.67. The van der Waals surface area contributed by atoms with E-state index >= 15 is 0 Å². The quantitative estimate of drug-likeness (QED) is 0.535. The van der Waals surface area contributed by atoms with Crippen molar-refractivity contribution in [1.29, 1.82) is 0 Å². The van der Waals surface area contributed by atoms with Crippen molar-refractivity contribution in [3.05, 3.63) is 0 Å². The molecule has 17 heavy (non-hydrogen) atoms. The van der Waals surface area contributed by atoms with Crippen molar-refractivity contribution in [1.82, 2.24) is 0 Å². The van der Waals surface area contributed by atoms with Crippen LogP contribution in [0.5, 0.6) is 0 Å². The summed E-state index contributed by atoms with van der Waals surface area (Å²) in [6, 6.07) is 0. The van der Waals surface area contributed by atoms with Crippen LogP contribution in [0.3, 0.4) is 0 Å². The predicted molar refractivity (Wildman–Crippen MR) is 78.6 cm³/mol. The van der Waals surface area contributed by atoms with Crippen LogP contribution in [-0.2, 0) is 4.74 Å². The van der Waals surface area contributed by atoms with Gasteiger partial charge in [0.1, 0.15) is 0 Å². The highest BCUT2D eigenvalue weighted by molar-refractivity contribution is 7.80. The average molecular weight is 256 g/mol. The van der Waals surface area contributed by atoms with E-state index in [0.29, 0.717) is 0 Å². The molecule has 1 rings (SSSR count). The molecular weight excluding hydrogens is 228 g/mol. The van der Waals surface area contributed by atoms with Gasteiger partial charge in [-0.25, -0.2) is 0 Å². The normalized spacial score (nSPS) is 22.9. The molecule has 0 amide bonds. The highest BCUT2D eigenvalue weighted by atomic mass is 32.1. The van der Waals surface area contributed by atoms with Crippen molar-refractivity contribution in [3.63, 3.8) is 0 Å². The molecular formula is C15H28OS. The first-order chi connectivity index (χ1) is 8.39. The Morgan fingerprint density at radius 2 is 1.00 bits per heavy atom. The van der Waals surface area contributed by atoms with Gasteiger partial charge in [-0.1, -0.05) is 64.2 Å². The van der Waals surface area contributed by atoms with Crippen LogP contribution in [-0.4, -0.2) is 11.7 Å². The molecule has 1 aliphatic heterocycles. The Kier molecular flexibility index (Phi) is 9.68. The number of ether oxygens (including phenoxy) is 1. The summed E-state index contributed by atoms with van der Waals surface area (Å²) in [4.78, 5) is 0. The van der Waals surface area contributed by atoms with E-state index in [9.17, 15) is 0 Å². The summed E-state index contributed by atoms with van der Waals surface area (Å²) >= 11 is 5.22. The Bertz CT molecular complexity index is 173. The number of thiocarbonyl (C=S) groups is 1. The monoisotopic (exact) mass is 256 g/mol. The molecule has 1 nitrogen and oxygen atoms in total. The van der Waals surface area contributed by atoms with Crippen LogP contribution in [0.15, 0.2) is 0 Å². The SMILES string of the molecule is S=C1CCCCCCCCCCCCCCO1. The van der Waals surface area contributed by atoms with Crippen LogP contribution < -0.4 is 0 Å². The first-order valence-electron chi connectivity index (χ1n) is 7.55. The van der Waals surface area contributed by atoms with Crippen molar-refractivity contribution in [2.45, 2.75) is 83.5 Å². The Morgan fingerprint density at radius 1 is 0.588 bits per heavy atom. The lowest BCUT2D eigenvalue weighted by atomic mass is 10.0. The lowest BCUT2D eigenvalue weighted by Crippen LogP contribution is -2.03. The first-order valence-corrected chi connectivity index (χ1v) is 7.96. The van der Waals surface area contributed by atoms with Crippen LogP contribution in [0.25, 0.3) is 0 Å². The molecule has 2 heteroatoms. The Labute approximate surface area is 112 Å². The molecule has 0 atom stereocenters. The van der Waals surface area contributed by atoms with E-state index in [1.165, 1.54) is 77.0 Å². The average Bonchev–Trinajstić information content (AvgIpc) is 2.32. The lowest BCUT2D eigenvalue weighted by Gasteiger charge is -2.08. The van der Waals surface area contributed by atoms with Gasteiger partial charge in [-0.05, 0) is 25.1 Å². The Hall–Kier alpha value is -0.110. The summed E-state index contributed by atoms with van der Waals surface area (Å²) in [6.45, 7) is 0.846. The van der Waals surface area contributed by atoms with Gasteiger partial charge in [-0.15, -0.1) is 0 Å². The van der Waals surface area contributed by atoms with E-state index in [0.717, 1.165) is 18.1 Å². The minimum atomic E-state index is 0.845. The predicted octanol–water partition coefficient (Wildman–Crippen LogP) is 5.42. The zero-order valence-corrected chi connectivity index (χ0v) is 12.0. The number of rotatable bonds is 0. The van der Waals surface area contributed by atoms with Crippen molar-refractivity contribution >= 4 is 17.3 Å². The zero-order chi connectivity index (χ0) is 12.2. The summed E-state index contributed by atoms with van der Waals surface area (Å²) in [5.41, 5.74) is 0. The van der Waals surface area contributed by atoms with Gasteiger partial charge in [0.15, 0.2) is 5.05 Å². The van der Waals surface area contributed by atoms with Crippen molar-refractivity contribution in [2.75, 3.05) is 6.61 Å². The smallest absolute Gasteiger partial charge is 0.159 e. The maximum absolute atomic E-state index is 5.57. The fourth-order valence-corrected chi connectivity index (χ4v) is 2.63. The molecule has 1 saturated heterocycles. The van der Waals surface area contributed by atoms with Gasteiger partial charge in [-0.3, -0.25) is 0 Å². The molecule has 0 radical (unpaired) electrons. The fourth-order valence-electron chi connectivity index (χ4n) is 2.40. The van der Waals surface area contributed by atoms with Crippen LogP contribution in [0.1, 0.15) is 83.5 Å². The molecule has 0 aromatic rings. The summed E-state index contributed by atoms with van der Waals surface area (Å²) in [7, 11) is 0. The highest BCUT2D eigenvalue weighted by Gasteiger charge is 2.00. The molecule has 0 saturated carbocycles. The summed E-state index contributed by atoms with van der Waals surface area (Å²) in [6.07, 6.45) is 17.3. The van der Waals surface area contributed by atoms with Gasteiger partial charge in [0, 0.05) is 6.42 Å². The molecule has 0 bridgehead atoms. The largest absolute Gasteiger partial charge is 0.487 e. The summed E-state index contributed by atoms with van der Waals surface area (Å²) < 4.78 is 5.57. The molecule has 0 aromatic heterocycles. The third-order valence-electron chi connectivity index (χ3n) is 3.54. The van der Waals surface area contributed by atoms with E-state index in [1.807, 2.05) is 0 Å². The van der Waals surface area contributed by atoms with Gasteiger partial charge < -0.3 is 4.74 Å². The van der Waals surface area contributed by atoms with Gasteiger partial charge in [0.05, 0.1) is 6.61 Å². The van der Waals surface area contributed by atoms with Gasteiger partial charge in [0.25, 0.3) is 0 Å². The molecule has 100 valence electrons. The van der Waals surface area contributed by atoms with E-state index in [4.69, 9.17) is 17.0 Å². The van der Waals surface area contributed by atoms with Gasteiger partial charge >= 0.3 is 0 Å². The third kappa shape index (κ3) is 9.58. The van der Waals surface area contributed by atoms with Gasteiger partial charge in [-0.2, -0.15) is 0 Å². The topological polar surface area (TPSA) is 9.23 Å². The first kappa shape index (κ1) is 14.9. The van der Waals surface area contributed by atoms with E-state index in [-0.39, 0.29) is 0 Å². The van der Waals surface area contributed by atoms with E-state index < -0.39 is 0 Å². The Balaban J connectivity index is 2.11. The number of hydrogen-bond donors (Lipinski definition) is 0. The maximum atomic E-state index is 5.57. The van der Waals surface area contributed by atoms with E-state index in [2.05, 4.69) is 0 Å². The van der Waals surface area contributed by atoms with E-state index in [1.54, 1.807) is 0 Å². The third-order valence-corrected chi connectivity index (χ3v) is 3.86. The second-order valence-electron chi connectivity index (χ2n) is 5.21. The lowest BCUT2D eigenvalue weighted by molar-refractivity contribution is 0.290. The van der Waals surface area contributed by atoms with Crippen LogP contribution in [0, 0.1) is 0 Å². The Morgan fingerprint density at radius 3 is 1.53 bits per heavy atom. The van der Waals surface area contributed by atoms with Crippen molar-refractivity contribution in [2.24, 2.45) is 0 Å². The van der Waals surface area contributed by atoms with Crippen LogP contribution >= 0.6 is 12.2 Å². The molecule has 0 unspecified atom stereocenters. The van der Waals surface area contributed by atoms with Gasteiger partial charge in [0.2, 0.25) is 0 Å². The fraction of sp³-hybridized carbons (Fsp3) is 0.933. The molecule has 0 aliphatic carbocycles. The molecule has 0 N–H and O–H groups in total. The molecule has 1 aliphatic rings. The standard InChI is InChI=1S/C15H28OS/c17-15-13-11-9-7-5-3-1-2-4-6-8-10-12-14-16-15/h1-14H2. The van der Waals surface area contributed by atoms with Crippen molar-refractivity contribution in [3.8, 4) is 0 Å². The number of hydrogen-bond acceptors (Lipinski definition) is 2. The summed E-state index contributed by atoms with van der Waals surface area (Å²) in [5, 5.41) is 0.845. The zero-order valence-electron chi connectivity index (χ0n) is 11.2. The van der Waals surface area contributed by atoms with Crippen LogP contribution in [0.2, 0.25) is 0 Å². The molecule has 0 spiro atoms. The second kappa shape index (κ2) is 11.0. The highest BCUT2D eigenvalue weighted by Crippen LogP contribution is 2.13. The van der Waals surface area contributed by atoms with Crippen LogP contribution in [0.4, 0.5) is 0 Å². The minimum Gasteiger partial charge on any atom is -0.487 e. The molecule has 1 heterocycles.